The van der Waals surface area contributed by atoms with E-state index in [0.717, 1.165) is 31.2 Å². The monoisotopic (exact) mass is 480 g/mol. The van der Waals surface area contributed by atoms with Crippen LogP contribution in [0.4, 0.5) is 0 Å². The molecule has 0 fully saturated rings. The van der Waals surface area contributed by atoms with Gasteiger partial charge in [0.15, 0.2) is 5.96 Å². The number of likely N-dealkylation sites (N-methyl/N-ethyl adjacent to an activating group) is 1. The molecule has 0 saturated heterocycles. The SMILES string of the molecule is CN=C(NCCCCSC)NCC(c1ccccc1OC)N(C)C.I. The van der Waals surface area contributed by atoms with Crippen LogP contribution in [0.15, 0.2) is 29.3 Å². The molecule has 5 nitrogen and oxygen atoms in total. The van der Waals surface area contributed by atoms with Crippen molar-refractivity contribution >= 4 is 41.7 Å². The fourth-order valence-corrected chi connectivity index (χ4v) is 3.00. The van der Waals surface area contributed by atoms with Gasteiger partial charge in [-0.15, -0.1) is 24.0 Å². The molecule has 1 aromatic carbocycles. The van der Waals surface area contributed by atoms with Crippen molar-refractivity contribution in [1.29, 1.82) is 0 Å². The summed E-state index contributed by atoms with van der Waals surface area (Å²) < 4.78 is 5.51. The van der Waals surface area contributed by atoms with Crippen molar-refractivity contribution in [3.63, 3.8) is 0 Å². The van der Waals surface area contributed by atoms with Crippen LogP contribution in [0.2, 0.25) is 0 Å². The first-order valence-corrected chi connectivity index (χ1v) is 9.76. The second-order valence-electron chi connectivity index (χ2n) is 5.80. The van der Waals surface area contributed by atoms with Crippen molar-refractivity contribution in [3.05, 3.63) is 29.8 Å². The van der Waals surface area contributed by atoms with Crippen molar-refractivity contribution in [2.75, 3.05) is 53.4 Å². The second kappa shape index (κ2) is 14.5. The van der Waals surface area contributed by atoms with Crippen LogP contribution >= 0.6 is 35.7 Å². The van der Waals surface area contributed by atoms with E-state index < -0.39 is 0 Å². The smallest absolute Gasteiger partial charge is 0.191 e. The first-order valence-electron chi connectivity index (χ1n) is 8.36. The fraction of sp³-hybridized carbons (Fsp3) is 0.611. The van der Waals surface area contributed by atoms with Gasteiger partial charge in [0.1, 0.15) is 5.75 Å². The Kier molecular flexibility index (Phi) is 14.1. The number of aliphatic imine (C=N–C) groups is 1. The van der Waals surface area contributed by atoms with E-state index >= 15 is 0 Å². The summed E-state index contributed by atoms with van der Waals surface area (Å²) >= 11 is 1.89. The Bertz CT molecular complexity index is 500. The Morgan fingerprint density at radius 3 is 2.56 bits per heavy atom. The normalized spacial score (nSPS) is 12.5. The molecule has 1 unspecified atom stereocenters. The van der Waals surface area contributed by atoms with Crippen LogP contribution < -0.4 is 15.4 Å². The Morgan fingerprint density at radius 1 is 1.24 bits per heavy atom. The van der Waals surface area contributed by atoms with Gasteiger partial charge in [0.05, 0.1) is 13.2 Å². The van der Waals surface area contributed by atoms with E-state index in [9.17, 15) is 0 Å². The van der Waals surface area contributed by atoms with Crippen LogP contribution in [0.5, 0.6) is 5.75 Å². The number of methoxy groups -OCH3 is 1. The highest BCUT2D eigenvalue weighted by Gasteiger charge is 2.18. The number of para-hydroxylation sites is 1. The standard InChI is InChI=1S/C18H32N4OS.HI/c1-19-18(20-12-8-9-13-24-5)21-14-16(22(2)3)15-10-6-7-11-17(15)23-4;/h6-7,10-11,16H,8-9,12-14H2,1-5H3,(H2,19,20,21);1H. The van der Waals surface area contributed by atoms with E-state index in [0.29, 0.717) is 0 Å². The zero-order chi connectivity index (χ0) is 17.8. The van der Waals surface area contributed by atoms with E-state index in [-0.39, 0.29) is 30.0 Å². The minimum atomic E-state index is 0. The minimum absolute atomic E-state index is 0. The van der Waals surface area contributed by atoms with Crippen LogP contribution in [0.1, 0.15) is 24.4 Å². The van der Waals surface area contributed by atoms with Gasteiger partial charge in [0.2, 0.25) is 0 Å². The fourth-order valence-electron chi connectivity index (χ4n) is 2.50. The van der Waals surface area contributed by atoms with Crippen molar-refractivity contribution < 1.29 is 4.74 Å². The predicted molar refractivity (Wildman–Crippen MR) is 122 cm³/mol. The number of hydrogen-bond acceptors (Lipinski definition) is 4. The molecule has 1 rings (SSSR count). The summed E-state index contributed by atoms with van der Waals surface area (Å²) in [5.74, 6) is 2.98. The number of hydrogen-bond donors (Lipinski definition) is 2. The first kappa shape index (κ1) is 24.3. The van der Waals surface area contributed by atoms with Gasteiger partial charge in [-0.1, -0.05) is 18.2 Å². The van der Waals surface area contributed by atoms with Gasteiger partial charge in [0.25, 0.3) is 0 Å². The molecule has 0 aliphatic heterocycles. The lowest BCUT2D eigenvalue weighted by Crippen LogP contribution is -2.42. The maximum Gasteiger partial charge on any atom is 0.191 e. The van der Waals surface area contributed by atoms with E-state index in [4.69, 9.17) is 4.74 Å². The van der Waals surface area contributed by atoms with Crippen LogP contribution in [0.25, 0.3) is 0 Å². The molecular formula is C18H33IN4OS. The summed E-state index contributed by atoms with van der Waals surface area (Å²) in [6.45, 7) is 1.71. The molecule has 0 aliphatic rings. The molecule has 0 heterocycles. The summed E-state index contributed by atoms with van der Waals surface area (Å²) in [7, 11) is 7.69. The number of unbranched alkanes of at least 4 members (excludes halogenated alkanes) is 1. The van der Waals surface area contributed by atoms with Crippen LogP contribution in [-0.4, -0.2) is 64.2 Å². The summed E-state index contributed by atoms with van der Waals surface area (Å²) in [6.07, 6.45) is 4.53. The highest BCUT2D eigenvalue weighted by molar-refractivity contribution is 14.0. The molecular weight excluding hydrogens is 447 g/mol. The lowest BCUT2D eigenvalue weighted by Gasteiger charge is -2.27. The summed E-state index contributed by atoms with van der Waals surface area (Å²) in [5.41, 5.74) is 1.17. The number of rotatable bonds is 10. The third-order valence-corrected chi connectivity index (χ3v) is 4.57. The highest BCUT2D eigenvalue weighted by atomic mass is 127. The van der Waals surface area contributed by atoms with Crippen molar-refractivity contribution in [3.8, 4) is 5.75 Å². The first-order chi connectivity index (χ1) is 11.6. The van der Waals surface area contributed by atoms with Gasteiger partial charge in [0, 0.05) is 25.7 Å². The molecule has 1 atom stereocenters. The summed E-state index contributed by atoms with van der Waals surface area (Å²) in [4.78, 5) is 6.50. The Labute approximate surface area is 174 Å². The van der Waals surface area contributed by atoms with Gasteiger partial charge >= 0.3 is 0 Å². The van der Waals surface area contributed by atoms with E-state index in [1.54, 1.807) is 7.11 Å². The average Bonchev–Trinajstić information content (AvgIpc) is 2.60. The molecule has 0 spiro atoms. The number of guanidine groups is 1. The zero-order valence-corrected chi connectivity index (χ0v) is 19.2. The Morgan fingerprint density at radius 2 is 1.96 bits per heavy atom. The number of thioether (sulfide) groups is 1. The van der Waals surface area contributed by atoms with Crippen LogP contribution in [0.3, 0.4) is 0 Å². The third-order valence-electron chi connectivity index (χ3n) is 3.88. The average molecular weight is 480 g/mol. The highest BCUT2D eigenvalue weighted by Crippen LogP contribution is 2.27. The number of nitrogens with one attached hydrogen (secondary N) is 2. The van der Waals surface area contributed by atoms with Gasteiger partial charge < -0.3 is 20.3 Å². The topological polar surface area (TPSA) is 48.9 Å². The number of ether oxygens (including phenoxy) is 1. The molecule has 0 amide bonds. The quantitative estimate of drug-likeness (QED) is 0.233. The molecule has 0 bridgehead atoms. The van der Waals surface area contributed by atoms with Gasteiger partial charge in [-0.25, -0.2) is 0 Å². The van der Waals surface area contributed by atoms with E-state index in [1.807, 2.05) is 37.0 Å². The lowest BCUT2D eigenvalue weighted by molar-refractivity contribution is 0.287. The molecule has 0 saturated carbocycles. The molecule has 25 heavy (non-hydrogen) atoms. The van der Waals surface area contributed by atoms with Crippen LogP contribution in [0, 0.1) is 0 Å². The molecule has 144 valence electrons. The van der Waals surface area contributed by atoms with Gasteiger partial charge in [-0.2, -0.15) is 11.8 Å². The maximum atomic E-state index is 5.51. The van der Waals surface area contributed by atoms with Gasteiger partial charge in [-0.3, -0.25) is 4.99 Å². The number of halogens is 1. The lowest BCUT2D eigenvalue weighted by atomic mass is 10.0. The predicted octanol–water partition coefficient (Wildman–Crippen LogP) is 3.22. The number of benzene rings is 1. The Hall–Kier alpha value is -0.670. The van der Waals surface area contributed by atoms with Crippen LogP contribution in [-0.2, 0) is 0 Å². The molecule has 0 aromatic heterocycles. The van der Waals surface area contributed by atoms with Crippen molar-refractivity contribution in [2.45, 2.75) is 18.9 Å². The summed E-state index contributed by atoms with van der Waals surface area (Å²) in [6, 6.07) is 8.37. The maximum absolute atomic E-state index is 5.51. The summed E-state index contributed by atoms with van der Waals surface area (Å²) in [5, 5.41) is 6.81. The molecule has 7 heteroatoms. The van der Waals surface area contributed by atoms with E-state index in [2.05, 4.69) is 46.9 Å². The van der Waals surface area contributed by atoms with Gasteiger partial charge in [-0.05, 0) is 45.0 Å². The Balaban J connectivity index is 0.00000576. The molecule has 2 N–H and O–H groups in total. The van der Waals surface area contributed by atoms with Crippen molar-refractivity contribution in [1.82, 2.24) is 15.5 Å². The molecule has 0 aliphatic carbocycles. The van der Waals surface area contributed by atoms with E-state index in [1.165, 1.54) is 17.7 Å². The molecule has 0 radical (unpaired) electrons. The zero-order valence-electron chi connectivity index (χ0n) is 16.0. The van der Waals surface area contributed by atoms with Crippen molar-refractivity contribution in [2.24, 2.45) is 4.99 Å². The molecule has 1 aromatic rings. The largest absolute Gasteiger partial charge is 0.496 e. The third kappa shape index (κ3) is 9.01. The number of nitrogens with zero attached hydrogens (tertiary/aromatic N) is 2. The second-order valence-corrected chi connectivity index (χ2v) is 6.79. The minimum Gasteiger partial charge on any atom is -0.496 e.